The Morgan fingerprint density at radius 3 is 2.72 bits per heavy atom. The molecule has 0 radical (unpaired) electrons. The van der Waals surface area contributed by atoms with E-state index in [4.69, 9.17) is 4.42 Å². The number of halogens is 1. The third-order valence-electron chi connectivity index (χ3n) is 3.30. The van der Waals surface area contributed by atoms with E-state index in [1.807, 2.05) is 36.4 Å². The van der Waals surface area contributed by atoms with Gasteiger partial charge in [0.05, 0.1) is 13.1 Å². The molecule has 2 heterocycles. The van der Waals surface area contributed by atoms with E-state index in [9.17, 15) is 4.79 Å². The molecule has 3 aromatic rings. The zero-order chi connectivity index (χ0) is 17.6. The van der Waals surface area contributed by atoms with Crippen LogP contribution < -0.4 is 5.32 Å². The van der Waals surface area contributed by atoms with Gasteiger partial charge in [-0.3, -0.25) is 9.69 Å². The third kappa shape index (κ3) is 4.94. The summed E-state index contributed by atoms with van der Waals surface area (Å²) in [5.74, 6) is 1.26. The summed E-state index contributed by atoms with van der Waals surface area (Å²) in [6, 6.07) is 13.1. The Labute approximate surface area is 153 Å². The highest BCUT2D eigenvalue weighted by Crippen LogP contribution is 2.17. The van der Waals surface area contributed by atoms with Gasteiger partial charge in [0.25, 0.3) is 0 Å². The predicted octanol–water partition coefficient (Wildman–Crippen LogP) is 2.96. The number of nitrogens with zero attached hydrogens (tertiary/aromatic N) is 4. The van der Waals surface area contributed by atoms with E-state index in [1.165, 1.54) is 0 Å². The van der Waals surface area contributed by atoms with Crippen LogP contribution in [0.25, 0.3) is 11.5 Å². The first-order valence-electron chi connectivity index (χ1n) is 7.58. The third-order valence-corrected chi connectivity index (χ3v) is 3.77. The highest BCUT2D eigenvalue weighted by molar-refractivity contribution is 9.10. The number of hydrogen-bond donors (Lipinski definition) is 1. The number of nitrogens with one attached hydrogen (secondary N) is 1. The first kappa shape index (κ1) is 17.2. The Morgan fingerprint density at radius 2 is 2.00 bits per heavy atom. The van der Waals surface area contributed by atoms with Gasteiger partial charge in [0.1, 0.15) is 5.82 Å². The topological polar surface area (TPSA) is 84.2 Å². The van der Waals surface area contributed by atoms with Crippen molar-refractivity contribution in [3.8, 4) is 11.5 Å². The molecule has 7 nitrogen and oxygen atoms in total. The lowest BCUT2D eigenvalue weighted by molar-refractivity contribution is -0.117. The molecule has 128 valence electrons. The molecular formula is C17H16BrN5O2. The second-order valence-corrected chi connectivity index (χ2v) is 6.36. The second-order valence-electron chi connectivity index (χ2n) is 5.45. The number of amides is 1. The molecule has 1 aromatic carbocycles. The zero-order valence-corrected chi connectivity index (χ0v) is 15.1. The SMILES string of the molecule is CN(CC(=O)Nc1ccc(Br)cn1)Cc1nnc(-c2ccccc2)o1. The molecule has 1 amide bonds. The van der Waals surface area contributed by atoms with Crippen LogP contribution in [0.15, 0.2) is 57.6 Å². The highest BCUT2D eigenvalue weighted by Gasteiger charge is 2.13. The summed E-state index contributed by atoms with van der Waals surface area (Å²) in [6.45, 7) is 0.557. The van der Waals surface area contributed by atoms with E-state index in [0.717, 1.165) is 10.0 Å². The smallest absolute Gasteiger partial charge is 0.247 e. The molecule has 0 aliphatic rings. The summed E-state index contributed by atoms with van der Waals surface area (Å²) in [4.78, 5) is 17.9. The van der Waals surface area contributed by atoms with E-state index >= 15 is 0 Å². The quantitative estimate of drug-likeness (QED) is 0.683. The van der Waals surface area contributed by atoms with Gasteiger partial charge in [-0.15, -0.1) is 10.2 Å². The second kappa shape index (κ2) is 8.00. The van der Waals surface area contributed by atoms with E-state index in [2.05, 4.69) is 36.4 Å². The fourth-order valence-corrected chi connectivity index (χ4v) is 2.41. The zero-order valence-electron chi connectivity index (χ0n) is 13.5. The average molecular weight is 402 g/mol. The first-order chi connectivity index (χ1) is 12.1. The maximum Gasteiger partial charge on any atom is 0.247 e. The van der Waals surface area contributed by atoms with Crippen LogP contribution in [0.2, 0.25) is 0 Å². The van der Waals surface area contributed by atoms with Crippen molar-refractivity contribution in [2.24, 2.45) is 0 Å². The highest BCUT2D eigenvalue weighted by atomic mass is 79.9. The summed E-state index contributed by atoms with van der Waals surface area (Å²) >= 11 is 3.30. The van der Waals surface area contributed by atoms with Gasteiger partial charge in [-0.05, 0) is 47.2 Å². The van der Waals surface area contributed by atoms with Crippen LogP contribution in [0.5, 0.6) is 0 Å². The molecule has 8 heteroatoms. The van der Waals surface area contributed by atoms with Gasteiger partial charge in [0, 0.05) is 16.2 Å². The maximum atomic E-state index is 12.1. The van der Waals surface area contributed by atoms with Crippen LogP contribution in [0.3, 0.4) is 0 Å². The number of rotatable bonds is 6. The number of aromatic nitrogens is 3. The molecular weight excluding hydrogens is 386 g/mol. The summed E-state index contributed by atoms with van der Waals surface area (Å²) < 4.78 is 6.50. The molecule has 0 aliphatic carbocycles. The molecule has 0 unspecified atom stereocenters. The minimum absolute atomic E-state index is 0.167. The van der Waals surface area contributed by atoms with E-state index in [1.54, 1.807) is 24.2 Å². The summed E-state index contributed by atoms with van der Waals surface area (Å²) in [5.41, 5.74) is 0.864. The molecule has 0 bridgehead atoms. The molecule has 0 atom stereocenters. The van der Waals surface area contributed by atoms with Gasteiger partial charge in [-0.2, -0.15) is 0 Å². The molecule has 0 aliphatic heterocycles. The molecule has 0 saturated carbocycles. The number of hydrogen-bond acceptors (Lipinski definition) is 6. The number of likely N-dealkylation sites (N-methyl/N-ethyl adjacent to an activating group) is 1. The summed E-state index contributed by atoms with van der Waals surface area (Å²) in [6.07, 6.45) is 1.63. The Hall–Kier alpha value is -2.58. The number of benzene rings is 1. The van der Waals surface area contributed by atoms with Gasteiger partial charge in [0.15, 0.2) is 0 Å². The van der Waals surface area contributed by atoms with Crippen molar-refractivity contribution in [2.45, 2.75) is 6.54 Å². The maximum absolute atomic E-state index is 12.1. The fourth-order valence-electron chi connectivity index (χ4n) is 2.18. The first-order valence-corrected chi connectivity index (χ1v) is 8.37. The number of pyridine rings is 1. The minimum Gasteiger partial charge on any atom is -0.419 e. The number of carbonyl (C=O) groups is 1. The summed E-state index contributed by atoms with van der Waals surface area (Å²) in [7, 11) is 1.81. The molecule has 3 rings (SSSR count). The van der Waals surface area contributed by atoms with Crippen molar-refractivity contribution >= 4 is 27.7 Å². The van der Waals surface area contributed by atoms with Gasteiger partial charge < -0.3 is 9.73 Å². The van der Waals surface area contributed by atoms with Crippen molar-refractivity contribution in [3.63, 3.8) is 0 Å². The van der Waals surface area contributed by atoms with Crippen LogP contribution in [-0.4, -0.2) is 39.6 Å². The molecule has 0 fully saturated rings. The van der Waals surface area contributed by atoms with Gasteiger partial charge >= 0.3 is 0 Å². The minimum atomic E-state index is -0.167. The molecule has 0 spiro atoms. The Bertz CT molecular complexity index is 836. The van der Waals surface area contributed by atoms with E-state index in [0.29, 0.717) is 24.1 Å². The molecule has 1 N–H and O–H groups in total. The van der Waals surface area contributed by atoms with Crippen molar-refractivity contribution in [1.29, 1.82) is 0 Å². The van der Waals surface area contributed by atoms with Crippen molar-refractivity contribution < 1.29 is 9.21 Å². The van der Waals surface area contributed by atoms with Crippen LogP contribution in [0, 0.1) is 0 Å². The average Bonchev–Trinajstić information content (AvgIpc) is 3.06. The Kier molecular flexibility index (Phi) is 5.52. The predicted molar refractivity (Wildman–Crippen MR) is 96.6 cm³/mol. The monoisotopic (exact) mass is 401 g/mol. The Balaban J connectivity index is 1.54. The summed E-state index contributed by atoms with van der Waals surface area (Å²) in [5, 5.41) is 10.8. The van der Waals surface area contributed by atoms with Crippen molar-refractivity contribution in [3.05, 3.63) is 59.0 Å². The van der Waals surface area contributed by atoms with Crippen LogP contribution >= 0.6 is 15.9 Å². The van der Waals surface area contributed by atoms with Crippen molar-refractivity contribution in [2.75, 3.05) is 18.9 Å². The lowest BCUT2D eigenvalue weighted by Gasteiger charge is -2.13. The van der Waals surface area contributed by atoms with Gasteiger partial charge in [0.2, 0.25) is 17.7 Å². The molecule has 0 saturated heterocycles. The lowest BCUT2D eigenvalue weighted by Crippen LogP contribution is -2.30. The molecule has 2 aromatic heterocycles. The Morgan fingerprint density at radius 1 is 1.20 bits per heavy atom. The fraction of sp³-hybridized carbons (Fsp3) is 0.176. The largest absolute Gasteiger partial charge is 0.419 e. The van der Waals surface area contributed by atoms with Crippen LogP contribution in [0.4, 0.5) is 5.82 Å². The van der Waals surface area contributed by atoms with Crippen LogP contribution in [0.1, 0.15) is 5.89 Å². The number of carbonyl (C=O) groups excluding carboxylic acids is 1. The van der Waals surface area contributed by atoms with Gasteiger partial charge in [-0.1, -0.05) is 18.2 Å². The standard InChI is InChI=1S/C17H16BrN5O2/c1-23(10-15(24)20-14-8-7-13(18)9-19-14)11-16-21-22-17(25-16)12-5-3-2-4-6-12/h2-9H,10-11H2,1H3,(H,19,20,24). The van der Waals surface area contributed by atoms with Crippen molar-refractivity contribution in [1.82, 2.24) is 20.1 Å². The van der Waals surface area contributed by atoms with E-state index < -0.39 is 0 Å². The number of anilines is 1. The normalized spacial score (nSPS) is 10.8. The molecule has 25 heavy (non-hydrogen) atoms. The van der Waals surface area contributed by atoms with Crippen LogP contribution in [-0.2, 0) is 11.3 Å². The van der Waals surface area contributed by atoms with E-state index in [-0.39, 0.29) is 12.5 Å². The van der Waals surface area contributed by atoms with Gasteiger partial charge in [-0.25, -0.2) is 4.98 Å². The lowest BCUT2D eigenvalue weighted by atomic mass is 10.2.